The van der Waals surface area contributed by atoms with E-state index in [9.17, 15) is 0 Å². The number of pyridine rings is 1. The normalized spacial score (nSPS) is 14.0. The Morgan fingerprint density at radius 3 is 3.17 bits per heavy atom. The lowest BCUT2D eigenvalue weighted by Gasteiger charge is -2.02. The predicted octanol–water partition coefficient (Wildman–Crippen LogP) is 0.865. The van der Waals surface area contributed by atoms with Gasteiger partial charge in [0.05, 0.1) is 11.3 Å². The number of hydrogen-bond acceptors (Lipinski definition) is 3. The molecule has 0 radical (unpaired) electrons. The van der Waals surface area contributed by atoms with E-state index in [1.807, 2.05) is 6.92 Å². The molecule has 0 amide bonds. The Morgan fingerprint density at radius 1 is 1.58 bits per heavy atom. The zero-order valence-electron chi connectivity index (χ0n) is 6.89. The molecule has 0 aromatic carbocycles. The molecule has 0 atom stereocenters. The summed E-state index contributed by atoms with van der Waals surface area (Å²) in [5.74, 6) is 0. The van der Waals surface area contributed by atoms with Crippen molar-refractivity contribution in [2.24, 2.45) is 0 Å². The number of hydrogen-bond donors (Lipinski definition) is 1. The molecule has 3 nitrogen and oxygen atoms in total. The fourth-order valence-electron chi connectivity index (χ4n) is 1.50. The predicted molar refractivity (Wildman–Crippen MR) is 44.2 cm³/mol. The largest absolute Gasteiger partial charge is 0.307 e. The molecule has 0 fully saturated rings. The van der Waals surface area contributed by atoms with Crippen molar-refractivity contribution in [2.75, 3.05) is 0 Å². The third-order valence-corrected chi connectivity index (χ3v) is 2.27. The fraction of sp³-hybridized carbons (Fsp3) is 0.333. The van der Waals surface area contributed by atoms with Gasteiger partial charge < -0.3 is 5.32 Å². The second kappa shape index (κ2) is 2.58. The lowest BCUT2D eigenvalue weighted by atomic mass is 10.1. The molecule has 0 unspecified atom stereocenters. The number of nitrogens with one attached hydrogen (secondary N) is 1. The third kappa shape index (κ3) is 0.892. The van der Waals surface area contributed by atoms with Crippen LogP contribution < -0.4 is 5.32 Å². The summed E-state index contributed by atoms with van der Waals surface area (Å²) in [4.78, 5) is 4.21. The molecule has 0 bridgehead atoms. The highest BCUT2D eigenvalue weighted by atomic mass is 14.9. The summed E-state index contributed by atoms with van der Waals surface area (Å²) in [6.45, 7) is 3.66. The van der Waals surface area contributed by atoms with Crippen LogP contribution in [0.15, 0.2) is 6.20 Å². The molecule has 1 aromatic rings. The van der Waals surface area contributed by atoms with Crippen molar-refractivity contribution >= 4 is 0 Å². The molecule has 1 aliphatic rings. The maximum Gasteiger partial charge on any atom is 0.101 e. The molecule has 0 spiro atoms. The van der Waals surface area contributed by atoms with Crippen LogP contribution >= 0.6 is 0 Å². The monoisotopic (exact) mass is 159 g/mol. The first kappa shape index (κ1) is 7.26. The van der Waals surface area contributed by atoms with Gasteiger partial charge >= 0.3 is 0 Å². The van der Waals surface area contributed by atoms with Crippen LogP contribution in [0.3, 0.4) is 0 Å². The summed E-state index contributed by atoms with van der Waals surface area (Å²) in [6.07, 6.45) is 1.65. The lowest BCUT2D eigenvalue weighted by Crippen LogP contribution is -2.00. The highest BCUT2D eigenvalue weighted by Gasteiger charge is 2.15. The Labute approximate surface area is 71.0 Å². The van der Waals surface area contributed by atoms with E-state index in [2.05, 4.69) is 16.4 Å². The summed E-state index contributed by atoms with van der Waals surface area (Å²) in [7, 11) is 0. The van der Waals surface area contributed by atoms with Gasteiger partial charge in [-0.15, -0.1) is 0 Å². The molecule has 60 valence electrons. The molecule has 3 heteroatoms. The smallest absolute Gasteiger partial charge is 0.101 e. The van der Waals surface area contributed by atoms with Crippen molar-refractivity contribution in [3.05, 3.63) is 28.6 Å². The molecule has 0 saturated carbocycles. The zero-order valence-corrected chi connectivity index (χ0v) is 6.89. The SMILES string of the molecule is Cc1c(C#N)cnc2c1CNC2. The molecule has 12 heavy (non-hydrogen) atoms. The summed E-state index contributed by atoms with van der Waals surface area (Å²) in [6, 6.07) is 2.13. The van der Waals surface area contributed by atoms with Crippen LogP contribution in [-0.2, 0) is 13.1 Å². The highest BCUT2D eigenvalue weighted by Crippen LogP contribution is 2.19. The standard InChI is InChI=1S/C9H9N3/c1-6-7(2-10)3-12-9-5-11-4-8(6)9/h3,11H,4-5H2,1H3. The molecular weight excluding hydrogens is 150 g/mol. The second-order valence-corrected chi connectivity index (χ2v) is 2.94. The molecule has 0 saturated heterocycles. The van der Waals surface area contributed by atoms with Crippen LogP contribution in [0, 0.1) is 18.3 Å². The molecule has 2 heterocycles. The fourth-order valence-corrected chi connectivity index (χ4v) is 1.50. The quantitative estimate of drug-likeness (QED) is 0.611. The van der Waals surface area contributed by atoms with Crippen LogP contribution in [0.5, 0.6) is 0 Å². The van der Waals surface area contributed by atoms with Crippen molar-refractivity contribution < 1.29 is 0 Å². The van der Waals surface area contributed by atoms with Crippen LogP contribution in [-0.4, -0.2) is 4.98 Å². The van der Waals surface area contributed by atoms with Crippen LogP contribution in [0.1, 0.15) is 22.4 Å². The zero-order chi connectivity index (χ0) is 8.55. The Bertz CT molecular complexity index is 363. The van der Waals surface area contributed by atoms with E-state index in [1.165, 1.54) is 5.56 Å². The van der Waals surface area contributed by atoms with Crippen molar-refractivity contribution in [2.45, 2.75) is 20.0 Å². The minimum absolute atomic E-state index is 0.692. The van der Waals surface area contributed by atoms with E-state index < -0.39 is 0 Å². The number of nitriles is 1. The van der Waals surface area contributed by atoms with Gasteiger partial charge in [-0.3, -0.25) is 4.98 Å². The van der Waals surface area contributed by atoms with Crippen molar-refractivity contribution in [3.63, 3.8) is 0 Å². The van der Waals surface area contributed by atoms with Gasteiger partial charge in [0.1, 0.15) is 6.07 Å². The van der Waals surface area contributed by atoms with Crippen LogP contribution in [0.25, 0.3) is 0 Å². The van der Waals surface area contributed by atoms with Crippen LogP contribution in [0.4, 0.5) is 0 Å². The van der Waals surface area contributed by atoms with E-state index in [0.717, 1.165) is 24.3 Å². The number of fused-ring (bicyclic) bond motifs is 1. The number of nitrogens with zero attached hydrogens (tertiary/aromatic N) is 2. The van der Waals surface area contributed by atoms with Gasteiger partial charge in [-0.1, -0.05) is 0 Å². The Morgan fingerprint density at radius 2 is 2.42 bits per heavy atom. The average molecular weight is 159 g/mol. The maximum atomic E-state index is 8.74. The molecule has 1 aliphatic heterocycles. The Balaban J connectivity index is 2.63. The summed E-state index contributed by atoms with van der Waals surface area (Å²) < 4.78 is 0. The first-order valence-electron chi connectivity index (χ1n) is 3.91. The van der Waals surface area contributed by atoms with E-state index in [-0.39, 0.29) is 0 Å². The first-order chi connectivity index (χ1) is 5.83. The van der Waals surface area contributed by atoms with Gasteiger partial charge in [-0.2, -0.15) is 5.26 Å². The molecule has 1 N–H and O–H groups in total. The third-order valence-electron chi connectivity index (χ3n) is 2.27. The van der Waals surface area contributed by atoms with E-state index in [0.29, 0.717) is 5.56 Å². The summed E-state index contributed by atoms with van der Waals surface area (Å²) in [5.41, 5.74) is 4.06. The molecule has 0 aliphatic carbocycles. The van der Waals surface area contributed by atoms with Gasteiger partial charge in [0.2, 0.25) is 0 Å². The molecule has 1 aromatic heterocycles. The van der Waals surface area contributed by atoms with E-state index >= 15 is 0 Å². The van der Waals surface area contributed by atoms with E-state index in [1.54, 1.807) is 6.20 Å². The average Bonchev–Trinajstić information content (AvgIpc) is 2.53. The Kier molecular flexibility index (Phi) is 1.56. The second-order valence-electron chi connectivity index (χ2n) is 2.94. The number of aromatic nitrogens is 1. The van der Waals surface area contributed by atoms with E-state index in [4.69, 9.17) is 5.26 Å². The van der Waals surface area contributed by atoms with Crippen LogP contribution in [0.2, 0.25) is 0 Å². The first-order valence-corrected chi connectivity index (χ1v) is 3.91. The molecule has 2 rings (SSSR count). The Hall–Kier alpha value is -1.40. The van der Waals surface area contributed by atoms with Gasteiger partial charge in [0, 0.05) is 19.3 Å². The van der Waals surface area contributed by atoms with Crippen molar-refractivity contribution in [3.8, 4) is 6.07 Å². The minimum atomic E-state index is 0.692. The topological polar surface area (TPSA) is 48.7 Å². The van der Waals surface area contributed by atoms with Crippen molar-refractivity contribution in [1.29, 1.82) is 5.26 Å². The van der Waals surface area contributed by atoms with Gasteiger partial charge in [0.25, 0.3) is 0 Å². The van der Waals surface area contributed by atoms with Gasteiger partial charge in [-0.25, -0.2) is 0 Å². The summed E-state index contributed by atoms with van der Waals surface area (Å²) in [5, 5.41) is 11.9. The lowest BCUT2D eigenvalue weighted by molar-refractivity contribution is 0.757. The molecular formula is C9H9N3. The number of rotatable bonds is 0. The summed E-state index contributed by atoms with van der Waals surface area (Å²) >= 11 is 0. The highest BCUT2D eigenvalue weighted by molar-refractivity contribution is 5.43. The van der Waals surface area contributed by atoms with Crippen molar-refractivity contribution in [1.82, 2.24) is 10.3 Å². The minimum Gasteiger partial charge on any atom is -0.307 e. The van der Waals surface area contributed by atoms with Gasteiger partial charge in [-0.05, 0) is 18.1 Å². The van der Waals surface area contributed by atoms with Gasteiger partial charge in [0.15, 0.2) is 0 Å². The maximum absolute atomic E-state index is 8.74.